The molecule has 0 atom stereocenters. The summed E-state index contributed by atoms with van der Waals surface area (Å²) in [6.07, 6.45) is -3.12. The molecule has 0 unspecified atom stereocenters. The quantitative estimate of drug-likeness (QED) is 0.867. The smallest absolute Gasteiger partial charge is 0.366 e. The highest BCUT2D eigenvalue weighted by molar-refractivity contribution is 5.41. The van der Waals surface area contributed by atoms with Crippen LogP contribution in [0.3, 0.4) is 0 Å². The second-order valence-electron chi connectivity index (χ2n) is 3.54. The van der Waals surface area contributed by atoms with Crippen LogP contribution in [0.1, 0.15) is 25.0 Å². The number of benzene rings is 1. The van der Waals surface area contributed by atoms with Crippen LogP contribution in [0.5, 0.6) is 0 Å². The molecule has 0 aliphatic rings. The van der Waals surface area contributed by atoms with E-state index in [9.17, 15) is 13.2 Å². The van der Waals surface area contributed by atoms with E-state index in [1.54, 1.807) is 0 Å². The number of nitrogen functional groups attached to an aromatic ring is 1. The number of rotatable bonds is 1. The fourth-order valence-corrected chi connectivity index (χ4v) is 1.46. The van der Waals surface area contributed by atoms with Crippen molar-refractivity contribution >= 4 is 5.95 Å². The van der Waals surface area contributed by atoms with Crippen molar-refractivity contribution in [3.8, 4) is 5.69 Å². The standard InChI is InChI=1S/C10H9F3N4.C2H6/c1-6-2-3-7(4-8(6)10(11,12)13)17-5-15-9(14)16-17;1-2/h2-5H,1H3,(H2,14,16);1-2H3. The lowest BCUT2D eigenvalue weighted by molar-refractivity contribution is -0.138. The van der Waals surface area contributed by atoms with Crippen molar-refractivity contribution in [1.29, 1.82) is 0 Å². The zero-order valence-electron chi connectivity index (χ0n) is 10.9. The fraction of sp³-hybridized carbons (Fsp3) is 0.333. The maximum absolute atomic E-state index is 12.7. The minimum absolute atomic E-state index is 0.0131. The minimum Gasteiger partial charge on any atom is -0.366 e. The number of nitrogens with two attached hydrogens (primary N) is 1. The monoisotopic (exact) mass is 272 g/mol. The van der Waals surface area contributed by atoms with Gasteiger partial charge in [0.2, 0.25) is 5.95 Å². The Balaban J connectivity index is 0.000000861. The summed E-state index contributed by atoms with van der Waals surface area (Å²) < 4.78 is 39.2. The topological polar surface area (TPSA) is 56.7 Å². The summed E-state index contributed by atoms with van der Waals surface area (Å²) in [5, 5.41) is 3.75. The number of nitrogens with zero attached hydrogens (tertiary/aromatic N) is 3. The predicted octanol–water partition coefficient (Wildman–Crippen LogP) is 3.20. The zero-order chi connectivity index (χ0) is 14.6. The fourth-order valence-electron chi connectivity index (χ4n) is 1.46. The molecule has 1 heterocycles. The van der Waals surface area contributed by atoms with Gasteiger partial charge >= 0.3 is 6.18 Å². The third-order valence-electron chi connectivity index (χ3n) is 2.30. The number of anilines is 1. The van der Waals surface area contributed by atoms with Crippen molar-refractivity contribution in [2.24, 2.45) is 0 Å². The Labute approximate surface area is 109 Å². The van der Waals surface area contributed by atoms with Gasteiger partial charge in [-0.1, -0.05) is 19.9 Å². The van der Waals surface area contributed by atoms with Crippen molar-refractivity contribution < 1.29 is 13.2 Å². The summed E-state index contributed by atoms with van der Waals surface area (Å²) in [7, 11) is 0. The van der Waals surface area contributed by atoms with Crippen molar-refractivity contribution in [2.45, 2.75) is 26.9 Å². The molecule has 104 valence electrons. The lowest BCUT2D eigenvalue weighted by Crippen LogP contribution is -2.09. The minimum atomic E-state index is -4.38. The van der Waals surface area contributed by atoms with Crippen LogP contribution in [0.15, 0.2) is 24.5 Å². The van der Waals surface area contributed by atoms with Crippen LogP contribution in [-0.4, -0.2) is 14.8 Å². The zero-order valence-corrected chi connectivity index (χ0v) is 10.9. The Kier molecular flexibility index (Phi) is 4.52. The summed E-state index contributed by atoms with van der Waals surface area (Å²) in [5.41, 5.74) is 5.05. The van der Waals surface area contributed by atoms with E-state index >= 15 is 0 Å². The van der Waals surface area contributed by atoms with Crippen molar-refractivity contribution in [3.63, 3.8) is 0 Å². The van der Waals surface area contributed by atoms with E-state index in [1.807, 2.05) is 13.8 Å². The summed E-state index contributed by atoms with van der Waals surface area (Å²) in [5.74, 6) is 0.0131. The highest BCUT2D eigenvalue weighted by atomic mass is 19.4. The first-order valence-corrected chi connectivity index (χ1v) is 5.73. The first-order valence-electron chi connectivity index (χ1n) is 5.73. The van der Waals surface area contributed by atoms with Gasteiger partial charge in [-0.25, -0.2) is 9.67 Å². The molecule has 4 nitrogen and oxygen atoms in total. The summed E-state index contributed by atoms with van der Waals surface area (Å²) in [4.78, 5) is 3.66. The summed E-state index contributed by atoms with van der Waals surface area (Å²) >= 11 is 0. The van der Waals surface area contributed by atoms with Crippen LogP contribution in [0, 0.1) is 6.92 Å². The number of aromatic nitrogens is 3. The van der Waals surface area contributed by atoms with E-state index in [-0.39, 0.29) is 17.2 Å². The third-order valence-corrected chi connectivity index (χ3v) is 2.30. The van der Waals surface area contributed by atoms with E-state index < -0.39 is 11.7 Å². The lowest BCUT2D eigenvalue weighted by atomic mass is 10.1. The Morgan fingerprint density at radius 2 is 1.84 bits per heavy atom. The Morgan fingerprint density at radius 3 is 2.32 bits per heavy atom. The van der Waals surface area contributed by atoms with Crippen LogP contribution in [0.4, 0.5) is 19.1 Å². The number of hydrogen-bond acceptors (Lipinski definition) is 3. The summed E-state index contributed by atoms with van der Waals surface area (Å²) in [6, 6.07) is 3.93. The van der Waals surface area contributed by atoms with Crippen LogP contribution in [0.2, 0.25) is 0 Å². The Morgan fingerprint density at radius 1 is 1.21 bits per heavy atom. The van der Waals surface area contributed by atoms with Crippen LogP contribution in [0.25, 0.3) is 5.69 Å². The molecule has 0 fully saturated rings. The van der Waals surface area contributed by atoms with Crippen LogP contribution >= 0.6 is 0 Å². The van der Waals surface area contributed by atoms with E-state index in [0.717, 1.165) is 6.07 Å². The largest absolute Gasteiger partial charge is 0.416 e. The molecule has 2 rings (SSSR count). The van der Waals surface area contributed by atoms with Gasteiger partial charge in [-0.05, 0) is 24.6 Å². The van der Waals surface area contributed by atoms with Gasteiger partial charge in [0.25, 0.3) is 0 Å². The van der Waals surface area contributed by atoms with Crippen molar-refractivity contribution in [1.82, 2.24) is 14.8 Å². The maximum atomic E-state index is 12.7. The Bertz CT molecular complexity index is 546. The van der Waals surface area contributed by atoms with Crippen LogP contribution < -0.4 is 5.73 Å². The van der Waals surface area contributed by atoms with Gasteiger partial charge < -0.3 is 5.73 Å². The molecule has 0 spiro atoms. The molecule has 2 N–H and O–H groups in total. The summed E-state index contributed by atoms with van der Waals surface area (Å²) in [6.45, 7) is 5.41. The highest BCUT2D eigenvalue weighted by Crippen LogP contribution is 2.32. The number of aryl methyl sites for hydroxylation is 1. The molecule has 19 heavy (non-hydrogen) atoms. The van der Waals surface area contributed by atoms with Gasteiger partial charge in [-0.15, -0.1) is 5.10 Å². The lowest BCUT2D eigenvalue weighted by Gasteiger charge is -2.11. The van der Waals surface area contributed by atoms with Gasteiger partial charge in [0.15, 0.2) is 0 Å². The average Bonchev–Trinajstić information content (AvgIpc) is 2.77. The molecule has 0 saturated carbocycles. The maximum Gasteiger partial charge on any atom is 0.416 e. The van der Waals surface area contributed by atoms with Gasteiger partial charge in [-0.2, -0.15) is 13.2 Å². The first-order chi connectivity index (χ1) is 8.88. The molecule has 0 saturated heterocycles. The molecule has 2 aromatic rings. The molecule has 7 heteroatoms. The second-order valence-corrected chi connectivity index (χ2v) is 3.54. The van der Waals surface area contributed by atoms with E-state index in [4.69, 9.17) is 5.73 Å². The highest BCUT2D eigenvalue weighted by Gasteiger charge is 2.32. The van der Waals surface area contributed by atoms with Gasteiger partial charge in [0.05, 0.1) is 11.3 Å². The molecular formula is C12H15F3N4. The van der Waals surface area contributed by atoms with E-state index in [2.05, 4.69) is 10.1 Å². The molecular weight excluding hydrogens is 257 g/mol. The molecule has 1 aromatic carbocycles. The normalized spacial score (nSPS) is 10.8. The van der Waals surface area contributed by atoms with Gasteiger partial charge in [-0.3, -0.25) is 0 Å². The molecule has 0 aliphatic heterocycles. The number of alkyl halides is 3. The van der Waals surface area contributed by atoms with E-state index in [1.165, 1.54) is 30.1 Å². The molecule has 0 radical (unpaired) electrons. The third kappa shape index (κ3) is 3.46. The Hall–Kier alpha value is -2.05. The average molecular weight is 272 g/mol. The SMILES string of the molecule is CC.Cc1ccc(-n2cnc(N)n2)cc1C(F)(F)F. The number of hydrogen-bond donors (Lipinski definition) is 1. The molecule has 1 aromatic heterocycles. The van der Waals surface area contributed by atoms with Crippen molar-refractivity contribution in [3.05, 3.63) is 35.7 Å². The van der Waals surface area contributed by atoms with Crippen molar-refractivity contribution in [2.75, 3.05) is 5.73 Å². The number of halogens is 3. The molecule has 0 bridgehead atoms. The van der Waals surface area contributed by atoms with E-state index in [0.29, 0.717) is 0 Å². The predicted molar refractivity (Wildman–Crippen MR) is 66.9 cm³/mol. The second kappa shape index (κ2) is 5.73. The van der Waals surface area contributed by atoms with Gasteiger partial charge in [0, 0.05) is 0 Å². The first kappa shape index (κ1) is 15.0. The molecule has 0 amide bonds. The van der Waals surface area contributed by atoms with Gasteiger partial charge in [0.1, 0.15) is 6.33 Å². The molecule has 0 aliphatic carbocycles. The van der Waals surface area contributed by atoms with Crippen LogP contribution in [-0.2, 0) is 6.18 Å².